The fourth-order valence-corrected chi connectivity index (χ4v) is 2.37. The minimum atomic E-state index is -4.09. The molecule has 1 atom stereocenters. The Balaban J connectivity index is 2.50. The van der Waals surface area contributed by atoms with Crippen LogP contribution >= 0.6 is 0 Å². The van der Waals surface area contributed by atoms with Crippen LogP contribution in [0.1, 0.15) is 33.1 Å². The van der Waals surface area contributed by atoms with Gasteiger partial charge in [-0.15, -0.1) is 0 Å². The molecule has 1 rings (SSSR count). The first kappa shape index (κ1) is 13.8. The fourth-order valence-electron chi connectivity index (χ4n) is 2.37. The molecule has 1 saturated heterocycles. The monoisotopic (exact) mass is 238 g/mol. The summed E-state index contributed by atoms with van der Waals surface area (Å²) in [5, 5.41) is 3.30. The van der Waals surface area contributed by atoms with E-state index in [4.69, 9.17) is 0 Å². The highest BCUT2D eigenvalue weighted by molar-refractivity contribution is 4.91. The van der Waals surface area contributed by atoms with E-state index in [9.17, 15) is 13.2 Å². The van der Waals surface area contributed by atoms with Crippen LogP contribution in [0.2, 0.25) is 0 Å². The molecule has 0 bridgehead atoms. The minimum absolute atomic E-state index is 0.138. The predicted molar refractivity (Wildman–Crippen MR) is 58.4 cm³/mol. The third-order valence-electron chi connectivity index (χ3n) is 2.97. The van der Waals surface area contributed by atoms with Crippen LogP contribution in [-0.2, 0) is 0 Å². The van der Waals surface area contributed by atoms with Gasteiger partial charge in [0.25, 0.3) is 0 Å². The largest absolute Gasteiger partial charge is 0.401 e. The summed E-state index contributed by atoms with van der Waals surface area (Å²) in [5.41, 5.74) is -0.138. The highest BCUT2D eigenvalue weighted by atomic mass is 19.4. The second-order valence-electron chi connectivity index (χ2n) is 4.92. The quantitative estimate of drug-likeness (QED) is 0.791. The number of hydrogen-bond acceptors (Lipinski definition) is 2. The summed E-state index contributed by atoms with van der Waals surface area (Å²) >= 11 is 0. The van der Waals surface area contributed by atoms with Crippen LogP contribution < -0.4 is 5.32 Å². The van der Waals surface area contributed by atoms with E-state index < -0.39 is 12.7 Å². The SMILES string of the molecule is CCCN(CC(F)(F)F)CC1(C)CCCN1. The van der Waals surface area contributed by atoms with Crippen molar-refractivity contribution in [3.05, 3.63) is 0 Å². The van der Waals surface area contributed by atoms with Crippen LogP contribution in [0, 0.1) is 0 Å². The molecule has 0 saturated carbocycles. The van der Waals surface area contributed by atoms with Crippen molar-refractivity contribution in [2.45, 2.75) is 44.8 Å². The topological polar surface area (TPSA) is 15.3 Å². The van der Waals surface area contributed by atoms with E-state index in [0.717, 1.165) is 25.8 Å². The molecule has 1 fully saturated rings. The van der Waals surface area contributed by atoms with Crippen molar-refractivity contribution < 1.29 is 13.2 Å². The van der Waals surface area contributed by atoms with Crippen molar-refractivity contribution in [1.29, 1.82) is 0 Å². The van der Waals surface area contributed by atoms with Gasteiger partial charge in [-0.1, -0.05) is 6.92 Å². The molecule has 1 aliphatic heterocycles. The van der Waals surface area contributed by atoms with Gasteiger partial charge in [0.15, 0.2) is 0 Å². The molecule has 0 amide bonds. The Morgan fingerprint density at radius 3 is 2.50 bits per heavy atom. The molecular weight excluding hydrogens is 217 g/mol. The van der Waals surface area contributed by atoms with Crippen molar-refractivity contribution in [3.63, 3.8) is 0 Å². The second kappa shape index (κ2) is 5.36. The Morgan fingerprint density at radius 1 is 1.38 bits per heavy atom. The van der Waals surface area contributed by atoms with Crippen LogP contribution in [0.25, 0.3) is 0 Å². The Morgan fingerprint density at radius 2 is 2.06 bits per heavy atom. The van der Waals surface area contributed by atoms with Crippen molar-refractivity contribution in [1.82, 2.24) is 10.2 Å². The first-order chi connectivity index (χ1) is 7.35. The lowest BCUT2D eigenvalue weighted by Gasteiger charge is -2.33. The van der Waals surface area contributed by atoms with Gasteiger partial charge < -0.3 is 5.32 Å². The first-order valence-electron chi connectivity index (χ1n) is 5.89. The Bertz CT molecular complexity index is 210. The van der Waals surface area contributed by atoms with Gasteiger partial charge >= 0.3 is 6.18 Å². The van der Waals surface area contributed by atoms with E-state index in [-0.39, 0.29) is 5.54 Å². The number of hydrogen-bond donors (Lipinski definition) is 1. The van der Waals surface area contributed by atoms with Crippen LogP contribution in [0.4, 0.5) is 13.2 Å². The van der Waals surface area contributed by atoms with Gasteiger partial charge in [0.05, 0.1) is 6.54 Å². The highest BCUT2D eigenvalue weighted by Crippen LogP contribution is 2.23. The zero-order valence-electron chi connectivity index (χ0n) is 10.0. The maximum Gasteiger partial charge on any atom is 0.401 e. The van der Waals surface area contributed by atoms with E-state index in [1.165, 1.54) is 4.90 Å². The molecule has 5 heteroatoms. The molecular formula is C11H21F3N2. The summed E-state index contributed by atoms with van der Waals surface area (Å²) in [6, 6.07) is 0. The smallest absolute Gasteiger partial charge is 0.310 e. The van der Waals surface area contributed by atoms with E-state index >= 15 is 0 Å². The number of rotatable bonds is 5. The minimum Gasteiger partial charge on any atom is -0.310 e. The number of halogens is 3. The lowest BCUT2D eigenvalue weighted by Crippen LogP contribution is -2.49. The number of nitrogens with one attached hydrogen (secondary N) is 1. The molecule has 1 heterocycles. The Kier molecular flexibility index (Phi) is 4.62. The highest BCUT2D eigenvalue weighted by Gasteiger charge is 2.35. The molecule has 16 heavy (non-hydrogen) atoms. The van der Waals surface area contributed by atoms with E-state index in [2.05, 4.69) is 5.32 Å². The average molecular weight is 238 g/mol. The van der Waals surface area contributed by atoms with Crippen LogP contribution in [0.15, 0.2) is 0 Å². The Hall–Kier alpha value is -0.290. The number of nitrogens with zero attached hydrogens (tertiary/aromatic N) is 1. The Labute approximate surface area is 95.2 Å². The maximum absolute atomic E-state index is 12.4. The van der Waals surface area contributed by atoms with Crippen LogP contribution in [0.5, 0.6) is 0 Å². The standard InChI is InChI=1S/C11H21F3N2/c1-3-7-16(9-11(12,13)14)8-10(2)5-4-6-15-10/h15H,3-9H2,1-2H3. The van der Waals surface area contributed by atoms with Crippen molar-refractivity contribution >= 4 is 0 Å². The summed E-state index contributed by atoms with van der Waals surface area (Å²) < 4.78 is 37.1. The zero-order valence-corrected chi connectivity index (χ0v) is 10.0. The molecule has 0 aromatic rings. The van der Waals surface area contributed by atoms with E-state index in [1.807, 2.05) is 13.8 Å². The molecule has 0 aromatic heterocycles. The molecule has 0 aromatic carbocycles. The van der Waals surface area contributed by atoms with Crippen molar-refractivity contribution in [2.75, 3.05) is 26.2 Å². The molecule has 0 spiro atoms. The predicted octanol–water partition coefficient (Wildman–Crippen LogP) is 2.40. The van der Waals surface area contributed by atoms with E-state index in [1.54, 1.807) is 0 Å². The third-order valence-corrected chi connectivity index (χ3v) is 2.97. The van der Waals surface area contributed by atoms with Gasteiger partial charge in [0.1, 0.15) is 0 Å². The lowest BCUT2D eigenvalue weighted by atomic mass is 9.99. The number of alkyl halides is 3. The van der Waals surface area contributed by atoms with Crippen molar-refractivity contribution in [2.24, 2.45) is 0 Å². The zero-order chi connectivity index (χ0) is 12.2. The molecule has 0 aliphatic carbocycles. The summed E-state index contributed by atoms with van der Waals surface area (Å²) in [5.74, 6) is 0. The van der Waals surface area contributed by atoms with Gasteiger partial charge in [0, 0.05) is 12.1 Å². The summed E-state index contributed by atoms with van der Waals surface area (Å²) in [4.78, 5) is 1.51. The normalized spacial score (nSPS) is 26.6. The van der Waals surface area contributed by atoms with Crippen LogP contribution in [-0.4, -0.2) is 42.8 Å². The summed E-state index contributed by atoms with van der Waals surface area (Å²) in [6.45, 7) is 5.05. The average Bonchev–Trinajstić information content (AvgIpc) is 2.49. The maximum atomic E-state index is 12.4. The second-order valence-corrected chi connectivity index (χ2v) is 4.92. The van der Waals surface area contributed by atoms with Crippen molar-refractivity contribution in [3.8, 4) is 0 Å². The molecule has 2 nitrogen and oxygen atoms in total. The molecule has 1 aliphatic rings. The first-order valence-corrected chi connectivity index (χ1v) is 5.89. The molecule has 1 unspecified atom stereocenters. The van der Waals surface area contributed by atoms with Gasteiger partial charge in [-0.25, -0.2) is 0 Å². The molecule has 1 N–H and O–H groups in total. The van der Waals surface area contributed by atoms with Gasteiger partial charge in [-0.2, -0.15) is 13.2 Å². The van der Waals surface area contributed by atoms with E-state index in [0.29, 0.717) is 13.1 Å². The molecule has 96 valence electrons. The van der Waals surface area contributed by atoms with Crippen LogP contribution in [0.3, 0.4) is 0 Å². The lowest BCUT2D eigenvalue weighted by molar-refractivity contribution is -0.147. The third kappa shape index (κ3) is 4.70. The van der Waals surface area contributed by atoms with Gasteiger partial charge in [-0.3, -0.25) is 4.90 Å². The molecule has 0 radical (unpaired) electrons. The summed E-state index contributed by atoms with van der Waals surface area (Å²) in [6.07, 6.45) is -1.32. The summed E-state index contributed by atoms with van der Waals surface area (Å²) in [7, 11) is 0. The van der Waals surface area contributed by atoms with Gasteiger partial charge in [-0.05, 0) is 39.3 Å². The van der Waals surface area contributed by atoms with Gasteiger partial charge in [0.2, 0.25) is 0 Å². The fraction of sp³-hybridized carbons (Fsp3) is 1.00.